The lowest BCUT2D eigenvalue weighted by Crippen LogP contribution is -2.38. The van der Waals surface area contributed by atoms with Crippen molar-refractivity contribution < 1.29 is 19.0 Å². The molecule has 5 nitrogen and oxygen atoms in total. The van der Waals surface area contributed by atoms with Gasteiger partial charge in [-0.05, 0) is 18.1 Å². The zero-order valence-electron chi connectivity index (χ0n) is 12.6. The van der Waals surface area contributed by atoms with Crippen LogP contribution in [0.4, 0.5) is 14.9 Å². The number of anilines is 1. The minimum Gasteiger partial charge on any atom is -0.494 e. The van der Waals surface area contributed by atoms with Gasteiger partial charge in [0.15, 0.2) is 0 Å². The number of carbonyl (C=O) groups is 1. The van der Waals surface area contributed by atoms with Crippen LogP contribution in [-0.4, -0.2) is 30.9 Å². The number of amides is 2. The molecule has 2 amide bonds. The molecule has 6 heteroatoms. The summed E-state index contributed by atoms with van der Waals surface area (Å²) in [5.41, 5.74) is 0.369. The Hall–Kier alpha value is -1.82. The molecule has 3 N–H and O–H groups in total. The third kappa shape index (κ3) is 5.23. The van der Waals surface area contributed by atoms with Gasteiger partial charge in [0.2, 0.25) is 0 Å². The van der Waals surface area contributed by atoms with Gasteiger partial charge in [-0.3, -0.25) is 0 Å². The van der Waals surface area contributed by atoms with Gasteiger partial charge in [-0.25, -0.2) is 9.18 Å². The average molecular weight is 298 g/mol. The van der Waals surface area contributed by atoms with Crippen LogP contribution < -0.4 is 15.4 Å². The first-order valence-corrected chi connectivity index (χ1v) is 7.08. The number of methoxy groups -OCH3 is 1. The van der Waals surface area contributed by atoms with E-state index < -0.39 is 18.0 Å². The van der Waals surface area contributed by atoms with Crippen molar-refractivity contribution in [1.29, 1.82) is 0 Å². The number of ether oxygens (including phenoxy) is 1. The van der Waals surface area contributed by atoms with Crippen molar-refractivity contribution in [3.05, 3.63) is 24.0 Å². The van der Waals surface area contributed by atoms with Crippen molar-refractivity contribution in [2.45, 2.75) is 32.8 Å². The van der Waals surface area contributed by atoms with Crippen LogP contribution in [0.1, 0.15) is 26.7 Å². The van der Waals surface area contributed by atoms with Gasteiger partial charge in [-0.1, -0.05) is 26.7 Å². The van der Waals surface area contributed by atoms with E-state index in [1.807, 2.05) is 13.8 Å². The highest BCUT2D eigenvalue weighted by Gasteiger charge is 2.16. The Morgan fingerprint density at radius 2 is 2.05 bits per heavy atom. The van der Waals surface area contributed by atoms with Crippen molar-refractivity contribution in [1.82, 2.24) is 5.32 Å². The van der Waals surface area contributed by atoms with E-state index in [-0.39, 0.29) is 18.2 Å². The zero-order valence-corrected chi connectivity index (χ0v) is 12.6. The third-order valence-electron chi connectivity index (χ3n) is 3.48. The zero-order chi connectivity index (χ0) is 15.8. The molecule has 0 spiro atoms. The molecule has 0 aliphatic heterocycles. The van der Waals surface area contributed by atoms with Gasteiger partial charge >= 0.3 is 6.03 Å². The fourth-order valence-corrected chi connectivity index (χ4v) is 2.13. The van der Waals surface area contributed by atoms with E-state index in [9.17, 15) is 14.3 Å². The van der Waals surface area contributed by atoms with Crippen LogP contribution in [-0.2, 0) is 0 Å². The van der Waals surface area contributed by atoms with E-state index in [0.717, 1.165) is 12.8 Å². The van der Waals surface area contributed by atoms with E-state index in [2.05, 4.69) is 10.6 Å². The smallest absolute Gasteiger partial charge is 0.319 e. The summed E-state index contributed by atoms with van der Waals surface area (Å²) in [6.45, 7) is 4.17. The number of rotatable bonds is 7. The van der Waals surface area contributed by atoms with Gasteiger partial charge in [0.25, 0.3) is 0 Å². The van der Waals surface area contributed by atoms with E-state index >= 15 is 0 Å². The predicted molar refractivity (Wildman–Crippen MR) is 80.1 cm³/mol. The molecule has 21 heavy (non-hydrogen) atoms. The molecular formula is C15H23FN2O3. The molecule has 1 atom stereocenters. The summed E-state index contributed by atoms with van der Waals surface area (Å²) >= 11 is 0. The molecule has 0 fully saturated rings. The number of hydrogen-bond donors (Lipinski definition) is 3. The standard InChI is InChI=1S/C15H23FN2O3/c1-4-10(5-2)13(19)9-17-15(20)18-12-7-6-11(16)8-14(12)21-3/h6-8,10,13,19H,4-5,9H2,1-3H3,(H2,17,18,20). The van der Waals surface area contributed by atoms with Crippen LogP contribution in [0, 0.1) is 11.7 Å². The number of aliphatic hydroxyl groups is 1. The summed E-state index contributed by atoms with van der Waals surface area (Å²) in [4.78, 5) is 11.8. The highest BCUT2D eigenvalue weighted by atomic mass is 19.1. The van der Waals surface area contributed by atoms with Gasteiger partial charge in [0.05, 0.1) is 18.9 Å². The molecule has 1 rings (SSSR count). The molecule has 0 saturated heterocycles. The Bertz CT molecular complexity index is 464. The topological polar surface area (TPSA) is 70.6 Å². The largest absolute Gasteiger partial charge is 0.494 e. The molecule has 0 saturated carbocycles. The second-order valence-corrected chi connectivity index (χ2v) is 4.82. The highest BCUT2D eigenvalue weighted by Crippen LogP contribution is 2.24. The molecule has 1 unspecified atom stereocenters. The monoisotopic (exact) mass is 298 g/mol. The van der Waals surface area contributed by atoms with Gasteiger partial charge in [-0.2, -0.15) is 0 Å². The van der Waals surface area contributed by atoms with E-state index in [4.69, 9.17) is 4.74 Å². The van der Waals surface area contributed by atoms with E-state index in [1.165, 1.54) is 25.3 Å². The first-order chi connectivity index (χ1) is 10.0. The van der Waals surface area contributed by atoms with Gasteiger partial charge < -0.3 is 20.5 Å². The lowest BCUT2D eigenvalue weighted by molar-refractivity contribution is 0.104. The van der Waals surface area contributed by atoms with Gasteiger partial charge in [-0.15, -0.1) is 0 Å². The number of carbonyl (C=O) groups excluding carboxylic acids is 1. The average Bonchev–Trinajstić information content (AvgIpc) is 2.48. The van der Waals surface area contributed by atoms with E-state index in [0.29, 0.717) is 5.69 Å². The Morgan fingerprint density at radius 1 is 1.38 bits per heavy atom. The maximum absolute atomic E-state index is 13.1. The first kappa shape index (κ1) is 17.2. The quantitative estimate of drug-likeness (QED) is 0.725. The lowest BCUT2D eigenvalue weighted by atomic mass is 9.97. The summed E-state index contributed by atoms with van der Waals surface area (Å²) in [5, 5.41) is 15.1. The second-order valence-electron chi connectivity index (χ2n) is 4.82. The molecule has 0 bridgehead atoms. The number of hydrogen-bond acceptors (Lipinski definition) is 3. The summed E-state index contributed by atoms with van der Waals surface area (Å²) in [7, 11) is 1.40. The summed E-state index contributed by atoms with van der Waals surface area (Å²) in [6, 6.07) is 3.38. The first-order valence-electron chi connectivity index (χ1n) is 7.08. The number of urea groups is 1. The van der Waals surface area contributed by atoms with Crippen LogP contribution in [0.3, 0.4) is 0 Å². The van der Waals surface area contributed by atoms with Crippen molar-refractivity contribution in [2.24, 2.45) is 5.92 Å². The van der Waals surface area contributed by atoms with Gasteiger partial charge in [0.1, 0.15) is 11.6 Å². The minimum atomic E-state index is -0.583. The molecular weight excluding hydrogens is 275 g/mol. The van der Waals surface area contributed by atoms with Crippen molar-refractivity contribution >= 4 is 11.7 Å². The normalized spacial score (nSPS) is 12.1. The summed E-state index contributed by atoms with van der Waals surface area (Å²) < 4.78 is 18.0. The minimum absolute atomic E-state index is 0.158. The Morgan fingerprint density at radius 3 is 2.62 bits per heavy atom. The number of halogens is 1. The van der Waals surface area contributed by atoms with Crippen molar-refractivity contribution in [2.75, 3.05) is 19.0 Å². The maximum Gasteiger partial charge on any atom is 0.319 e. The fraction of sp³-hybridized carbons (Fsp3) is 0.533. The molecule has 0 heterocycles. The SMILES string of the molecule is CCC(CC)C(O)CNC(=O)Nc1ccc(F)cc1OC. The van der Waals surface area contributed by atoms with E-state index in [1.54, 1.807) is 0 Å². The molecule has 0 radical (unpaired) electrons. The Balaban J connectivity index is 2.54. The Kier molecular flexibility index (Phi) is 6.94. The molecule has 1 aromatic rings. The number of benzene rings is 1. The molecule has 0 aromatic heterocycles. The van der Waals surface area contributed by atoms with Crippen LogP contribution in [0.15, 0.2) is 18.2 Å². The number of nitrogens with one attached hydrogen (secondary N) is 2. The lowest BCUT2D eigenvalue weighted by Gasteiger charge is -2.20. The van der Waals surface area contributed by atoms with Crippen LogP contribution in [0.25, 0.3) is 0 Å². The molecule has 1 aromatic carbocycles. The van der Waals surface area contributed by atoms with Crippen LogP contribution in [0.5, 0.6) is 5.75 Å². The molecule has 118 valence electrons. The second kappa shape index (κ2) is 8.46. The third-order valence-corrected chi connectivity index (χ3v) is 3.48. The van der Waals surface area contributed by atoms with Crippen molar-refractivity contribution in [3.8, 4) is 5.75 Å². The fourth-order valence-electron chi connectivity index (χ4n) is 2.13. The van der Waals surface area contributed by atoms with Crippen LogP contribution in [0.2, 0.25) is 0 Å². The molecule has 0 aliphatic rings. The summed E-state index contributed by atoms with van der Waals surface area (Å²) in [5.74, 6) is -0.0432. The highest BCUT2D eigenvalue weighted by molar-refractivity contribution is 5.90. The maximum atomic E-state index is 13.1. The van der Waals surface area contributed by atoms with Gasteiger partial charge in [0, 0.05) is 12.6 Å². The van der Waals surface area contributed by atoms with Crippen LogP contribution >= 0.6 is 0 Å². The summed E-state index contributed by atoms with van der Waals surface area (Å²) in [6.07, 6.45) is 1.13. The van der Waals surface area contributed by atoms with Crippen molar-refractivity contribution in [3.63, 3.8) is 0 Å². The Labute approximate surface area is 124 Å². The number of aliphatic hydroxyl groups excluding tert-OH is 1. The molecule has 0 aliphatic carbocycles. The predicted octanol–water partition coefficient (Wildman–Crippen LogP) is 2.75.